The molecule has 1 aliphatic rings. The molecule has 0 aromatic heterocycles. The van der Waals surface area contributed by atoms with Crippen LogP contribution < -0.4 is 0 Å². The van der Waals surface area contributed by atoms with Crippen molar-refractivity contribution in [2.75, 3.05) is 13.1 Å². The summed E-state index contributed by atoms with van der Waals surface area (Å²) in [4.78, 5) is 49.4. The lowest BCUT2D eigenvalue weighted by atomic mass is 10.5. The van der Waals surface area contributed by atoms with Gasteiger partial charge in [-0.1, -0.05) is 0 Å². The number of hydrogen-bond donors (Lipinski definition) is 2. The zero-order chi connectivity index (χ0) is 12.9. The third kappa shape index (κ3) is 3.34. The van der Waals surface area contributed by atoms with Gasteiger partial charge in [0, 0.05) is 17.7 Å². The molecule has 1 fully saturated rings. The Labute approximate surface area is 92.4 Å². The molecular formula is C7H12N2O6P+. The fourth-order valence-corrected chi connectivity index (χ4v) is 1.11. The molecule has 0 aromatic carbocycles. The van der Waals surface area contributed by atoms with Gasteiger partial charge in [0.05, 0.1) is 0 Å². The van der Waals surface area contributed by atoms with E-state index in [9.17, 15) is 14.4 Å². The standard InChI is InChI=1S/C7H10N2O3.HO3P/c1-3-8-5(10)6(11)9(4-2)7(8)12;1-4(2)3/h3-4H2,1-2H3;(H-,1,2,3)/p+1. The molecular weight excluding hydrogens is 239 g/mol. The van der Waals surface area contributed by atoms with Crippen LogP contribution in [0.25, 0.3) is 0 Å². The van der Waals surface area contributed by atoms with Crippen molar-refractivity contribution in [1.82, 2.24) is 9.80 Å². The first kappa shape index (κ1) is 14.6. The van der Waals surface area contributed by atoms with Crippen LogP contribution in [-0.4, -0.2) is 50.5 Å². The average molecular weight is 251 g/mol. The predicted octanol–water partition coefficient (Wildman–Crippen LogP) is -0.555. The van der Waals surface area contributed by atoms with E-state index in [4.69, 9.17) is 14.4 Å². The van der Waals surface area contributed by atoms with Crippen LogP contribution in [0.5, 0.6) is 0 Å². The van der Waals surface area contributed by atoms with Crippen molar-refractivity contribution in [2.24, 2.45) is 0 Å². The Kier molecular flexibility index (Phi) is 5.73. The Morgan fingerprint density at radius 2 is 1.25 bits per heavy atom. The minimum Gasteiger partial charge on any atom is -0.263 e. The second kappa shape index (κ2) is 6.26. The summed E-state index contributed by atoms with van der Waals surface area (Å²) in [6.07, 6.45) is 0. The highest BCUT2D eigenvalue weighted by atomic mass is 31.1. The molecule has 0 atom stereocenters. The monoisotopic (exact) mass is 251 g/mol. The molecule has 4 amide bonds. The quantitative estimate of drug-likeness (QED) is 0.386. The third-order valence-corrected chi connectivity index (χ3v) is 1.77. The van der Waals surface area contributed by atoms with Crippen LogP contribution >= 0.6 is 8.25 Å². The van der Waals surface area contributed by atoms with E-state index in [1.165, 1.54) is 0 Å². The zero-order valence-electron chi connectivity index (χ0n) is 8.78. The predicted molar refractivity (Wildman–Crippen MR) is 52.2 cm³/mol. The third-order valence-electron chi connectivity index (χ3n) is 1.77. The molecule has 9 heteroatoms. The number of likely N-dealkylation sites (N-methyl/N-ethyl adjacent to an activating group) is 2. The minimum atomic E-state index is -2.87. The van der Waals surface area contributed by atoms with Gasteiger partial charge in [0.25, 0.3) is 0 Å². The van der Waals surface area contributed by atoms with Crippen LogP contribution in [-0.2, 0) is 14.2 Å². The van der Waals surface area contributed by atoms with Gasteiger partial charge in [-0.05, 0) is 13.8 Å². The largest absolute Gasteiger partial charge is 0.692 e. The van der Waals surface area contributed by atoms with E-state index in [0.29, 0.717) is 0 Å². The number of rotatable bonds is 2. The van der Waals surface area contributed by atoms with Crippen molar-refractivity contribution < 1.29 is 28.7 Å². The lowest BCUT2D eigenvalue weighted by Gasteiger charge is -2.10. The second-order valence-electron chi connectivity index (χ2n) is 2.63. The van der Waals surface area contributed by atoms with Crippen molar-refractivity contribution in [3.8, 4) is 0 Å². The summed E-state index contributed by atoms with van der Waals surface area (Å²) in [7, 11) is -2.87. The van der Waals surface area contributed by atoms with Gasteiger partial charge in [-0.3, -0.25) is 19.4 Å². The number of carbonyl (C=O) groups is 3. The lowest BCUT2D eigenvalue weighted by Crippen LogP contribution is -2.32. The fraction of sp³-hybridized carbons (Fsp3) is 0.571. The normalized spacial score (nSPS) is 15.1. The molecule has 0 aromatic rings. The molecule has 0 bridgehead atoms. The van der Waals surface area contributed by atoms with Crippen LogP contribution in [0.15, 0.2) is 0 Å². The number of nitrogens with zero attached hydrogens (tertiary/aromatic N) is 2. The van der Waals surface area contributed by atoms with Crippen molar-refractivity contribution in [2.45, 2.75) is 13.8 Å². The lowest BCUT2D eigenvalue weighted by molar-refractivity contribution is -0.143. The highest BCUT2D eigenvalue weighted by Crippen LogP contribution is 2.10. The van der Waals surface area contributed by atoms with E-state index in [1.807, 2.05) is 0 Å². The molecule has 8 nitrogen and oxygen atoms in total. The molecule has 0 radical (unpaired) electrons. The summed E-state index contributed by atoms with van der Waals surface area (Å²) in [5, 5.41) is 0. The first-order valence-electron chi connectivity index (χ1n) is 4.39. The summed E-state index contributed by atoms with van der Waals surface area (Å²) in [5.41, 5.74) is 0. The topological polar surface area (TPSA) is 115 Å². The van der Waals surface area contributed by atoms with Gasteiger partial charge in [-0.25, -0.2) is 4.79 Å². The number of imide groups is 2. The molecule has 2 N–H and O–H groups in total. The maximum Gasteiger partial charge on any atom is 0.692 e. The van der Waals surface area contributed by atoms with E-state index < -0.39 is 26.1 Å². The van der Waals surface area contributed by atoms with Crippen molar-refractivity contribution in [3.05, 3.63) is 0 Å². The van der Waals surface area contributed by atoms with Gasteiger partial charge in [-0.15, -0.1) is 9.79 Å². The molecule has 0 unspecified atom stereocenters. The Morgan fingerprint density at radius 1 is 1.00 bits per heavy atom. The average Bonchev–Trinajstić information content (AvgIpc) is 2.37. The summed E-state index contributed by atoms with van der Waals surface area (Å²) in [6, 6.07) is -0.505. The Morgan fingerprint density at radius 3 is 1.38 bits per heavy atom. The van der Waals surface area contributed by atoms with E-state index in [0.717, 1.165) is 9.80 Å². The Hall–Kier alpha value is -1.37. The smallest absolute Gasteiger partial charge is 0.263 e. The summed E-state index contributed by atoms with van der Waals surface area (Å²) < 4.78 is 8.70. The van der Waals surface area contributed by atoms with Crippen LogP contribution in [0.2, 0.25) is 0 Å². The minimum absolute atomic E-state index is 0.250. The van der Waals surface area contributed by atoms with Gasteiger partial charge in [0.2, 0.25) is 0 Å². The Bertz CT molecular complexity index is 303. The maximum absolute atomic E-state index is 11.2. The van der Waals surface area contributed by atoms with Crippen molar-refractivity contribution in [1.29, 1.82) is 0 Å². The first-order chi connectivity index (χ1) is 7.36. The van der Waals surface area contributed by atoms with E-state index in [2.05, 4.69) is 0 Å². The van der Waals surface area contributed by atoms with Crippen LogP contribution in [0.3, 0.4) is 0 Å². The highest BCUT2D eigenvalue weighted by molar-refractivity contribution is 7.30. The number of hydrogen-bond acceptors (Lipinski definition) is 4. The van der Waals surface area contributed by atoms with Crippen LogP contribution in [0.1, 0.15) is 13.8 Å². The van der Waals surface area contributed by atoms with Crippen molar-refractivity contribution in [3.63, 3.8) is 0 Å². The molecule has 90 valence electrons. The van der Waals surface area contributed by atoms with Gasteiger partial charge in [0.1, 0.15) is 0 Å². The summed E-state index contributed by atoms with van der Waals surface area (Å²) in [5.74, 6) is -1.44. The molecule has 1 rings (SSSR count). The van der Waals surface area contributed by atoms with Gasteiger partial charge in [0.15, 0.2) is 0 Å². The highest BCUT2D eigenvalue weighted by Gasteiger charge is 2.42. The molecule has 0 spiro atoms. The fourth-order valence-electron chi connectivity index (χ4n) is 1.11. The summed E-state index contributed by atoms with van der Waals surface area (Å²) >= 11 is 0. The molecule has 0 saturated carbocycles. The molecule has 0 aliphatic carbocycles. The molecule has 1 saturated heterocycles. The van der Waals surface area contributed by atoms with Crippen molar-refractivity contribution >= 4 is 26.1 Å². The van der Waals surface area contributed by atoms with Gasteiger partial charge >= 0.3 is 26.1 Å². The first-order valence-corrected chi connectivity index (χ1v) is 5.55. The van der Waals surface area contributed by atoms with E-state index in [-0.39, 0.29) is 13.1 Å². The second-order valence-corrected chi connectivity index (χ2v) is 3.14. The number of urea groups is 1. The maximum atomic E-state index is 11.2. The Balaban J connectivity index is 0.000000487. The molecule has 1 aliphatic heterocycles. The van der Waals surface area contributed by atoms with Crippen LogP contribution in [0, 0.1) is 0 Å². The van der Waals surface area contributed by atoms with E-state index >= 15 is 0 Å². The number of carbonyl (C=O) groups excluding carboxylic acids is 3. The van der Waals surface area contributed by atoms with Gasteiger partial charge < -0.3 is 0 Å². The summed E-state index contributed by atoms with van der Waals surface area (Å²) in [6.45, 7) is 3.81. The SMILES string of the molecule is CCN1C(=O)C(=O)N(CC)C1=O.O=[P+](O)O. The zero-order valence-corrected chi connectivity index (χ0v) is 9.68. The molecule has 16 heavy (non-hydrogen) atoms. The van der Waals surface area contributed by atoms with Crippen LogP contribution in [0.4, 0.5) is 4.79 Å². The van der Waals surface area contributed by atoms with E-state index in [1.54, 1.807) is 13.8 Å². The van der Waals surface area contributed by atoms with Gasteiger partial charge in [-0.2, -0.15) is 0 Å². The number of amides is 4. The molecule has 1 heterocycles.